The molecule has 10 heavy (non-hydrogen) atoms. The molecule has 0 aliphatic heterocycles. The average Bonchev–Trinajstić information content (AvgIpc) is 1.97. The van der Waals surface area contributed by atoms with Crippen molar-refractivity contribution in [2.75, 3.05) is 13.2 Å². The SMILES string of the molecule is C=CCCOC/C=C/CC. The predicted molar refractivity (Wildman–Crippen MR) is 45.1 cm³/mol. The predicted octanol–water partition coefficient (Wildman–Crippen LogP) is 2.55. The van der Waals surface area contributed by atoms with Crippen LogP contribution in [0.5, 0.6) is 0 Å². The monoisotopic (exact) mass is 140 g/mol. The summed E-state index contributed by atoms with van der Waals surface area (Å²) >= 11 is 0. The molecule has 0 aromatic heterocycles. The fraction of sp³-hybridized carbons (Fsp3) is 0.556. The van der Waals surface area contributed by atoms with Gasteiger partial charge in [0.2, 0.25) is 0 Å². The third kappa shape index (κ3) is 7.44. The quantitative estimate of drug-likeness (QED) is 0.407. The zero-order valence-corrected chi connectivity index (χ0v) is 6.68. The zero-order chi connectivity index (χ0) is 7.66. The van der Waals surface area contributed by atoms with Gasteiger partial charge in [0.1, 0.15) is 0 Å². The highest BCUT2D eigenvalue weighted by Crippen LogP contribution is 1.85. The first-order valence-corrected chi connectivity index (χ1v) is 3.75. The summed E-state index contributed by atoms with van der Waals surface area (Å²) in [5.74, 6) is 0. The van der Waals surface area contributed by atoms with Crippen LogP contribution in [0.4, 0.5) is 0 Å². The molecule has 0 radical (unpaired) electrons. The van der Waals surface area contributed by atoms with E-state index in [1.807, 2.05) is 12.2 Å². The first-order valence-electron chi connectivity index (χ1n) is 3.75. The highest BCUT2D eigenvalue weighted by atomic mass is 16.5. The van der Waals surface area contributed by atoms with Crippen LogP contribution in [0.1, 0.15) is 19.8 Å². The number of rotatable bonds is 6. The molecule has 0 atom stereocenters. The second kappa shape index (κ2) is 8.44. The summed E-state index contributed by atoms with van der Waals surface area (Å²) in [6.45, 7) is 7.24. The molecule has 1 heteroatoms. The number of hydrogen-bond acceptors (Lipinski definition) is 1. The Morgan fingerprint density at radius 3 is 2.80 bits per heavy atom. The molecule has 0 aromatic carbocycles. The van der Waals surface area contributed by atoms with Crippen LogP contribution >= 0.6 is 0 Å². The molecule has 0 aliphatic carbocycles. The van der Waals surface area contributed by atoms with Crippen LogP contribution in [0.2, 0.25) is 0 Å². The smallest absolute Gasteiger partial charge is 0.0647 e. The molecule has 0 N–H and O–H groups in total. The average molecular weight is 140 g/mol. The van der Waals surface area contributed by atoms with Gasteiger partial charge in [-0.25, -0.2) is 0 Å². The van der Waals surface area contributed by atoms with Crippen LogP contribution in [0.25, 0.3) is 0 Å². The topological polar surface area (TPSA) is 9.23 Å². The van der Waals surface area contributed by atoms with Gasteiger partial charge in [0.15, 0.2) is 0 Å². The Bertz CT molecular complexity index is 94.9. The second-order valence-corrected chi connectivity index (χ2v) is 2.03. The summed E-state index contributed by atoms with van der Waals surface area (Å²) in [5, 5.41) is 0. The van der Waals surface area contributed by atoms with Crippen molar-refractivity contribution in [3.63, 3.8) is 0 Å². The first kappa shape index (κ1) is 9.44. The number of ether oxygens (including phenoxy) is 1. The molecular formula is C9H16O. The zero-order valence-electron chi connectivity index (χ0n) is 6.68. The van der Waals surface area contributed by atoms with Gasteiger partial charge < -0.3 is 4.74 Å². The van der Waals surface area contributed by atoms with E-state index in [-0.39, 0.29) is 0 Å². The Morgan fingerprint density at radius 2 is 2.20 bits per heavy atom. The molecular weight excluding hydrogens is 124 g/mol. The van der Waals surface area contributed by atoms with E-state index in [4.69, 9.17) is 4.74 Å². The van der Waals surface area contributed by atoms with Crippen molar-refractivity contribution in [2.45, 2.75) is 19.8 Å². The second-order valence-electron chi connectivity index (χ2n) is 2.03. The van der Waals surface area contributed by atoms with Crippen molar-refractivity contribution < 1.29 is 4.74 Å². The van der Waals surface area contributed by atoms with Gasteiger partial charge >= 0.3 is 0 Å². The maximum atomic E-state index is 5.22. The van der Waals surface area contributed by atoms with E-state index < -0.39 is 0 Å². The van der Waals surface area contributed by atoms with Crippen LogP contribution in [-0.4, -0.2) is 13.2 Å². The van der Waals surface area contributed by atoms with E-state index in [2.05, 4.69) is 19.6 Å². The lowest BCUT2D eigenvalue weighted by Crippen LogP contribution is -1.91. The molecule has 0 rings (SSSR count). The van der Waals surface area contributed by atoms with Gasteiger partial charge in [0.25, 0.3) is 0 Å². The van der Waals surface area contributed by atoms with E-state index in [1.165, 1.54) is 0 Å². The van der Waals surface area contributed by atoms with Gasteiger partial charge in [0, 0.05) is 0 Å². The summed E-state index contributed by atoms with van der Waals surface area (Å²) in [4.78, 5) is 0. The van der Waals surface area contributed by atoms with E-state index >= 15 is 0 Å². The van der Waals surface area contributed by atoms with Crippen molar-refractivity contribution in [1.82, 2.24) is 0 Å². The number of allylic oxidation sites excluding steroid dienone is 1. The standard InChI is InChI=1S/C9H16O/c1-3-5-7-9-10-8-6-4-2/h4-5,7H,2-3,6,8-9H2,1H3/b7-5+. The van der Waals surface area contributed by atoms with Crippen LogP contribution in [0.15, 0.2) is 24.8 Å². The molecule has 0 saturated heterocycles. The fourth-order valence-corrected chi connectivity index (χ4v) is 0.553. The van der Waals surface area contributed by atoms with Crippen molar-refractivity contribution in [2.24, 2.45) is 0 Å². The Morgan fingerprint density at radius 1 is 1.40 bits per heavy atom. The van der Waals surface area contributed by atoms with Gasteiger partial charge in [-0.05, 0) is 12.8 Å². The summed E-state index contributed by atoms with van der Waals surface area (Å²) in [7, 11) is 0. The minimum atomic E-state index is 0.738. The molecule has 0 unspecified atom stereocenters. The van der Waals surface area contributed by atoms with E-state index in [1.54, 1.807) is 0 Å². The maximum absolute atomic E-state index is 5.22. The van der Waals surface area contributed by atoms with Crippen molar-refractivity contribution in [1.29, 1.82) is 0 Å². The van der Waals surface area contributed by atoms with Gasteiger partial charge in [-0.3, -0.25) is 0 Å². The normalized spacial score (nSPS) is 10.5. The lowest BCUT2D eigenvalue weighted by atomic mass is 10.4. The molecule has 0 bridgehead atoms. The Hall–Kier alpha value is -0.560. The Labute approximate surface area is 63.4 Å². The molecule has 1 nitrogen and oxygen atoms in total. The van der Waals surface area contributed by atoms with Crippen LogP contribution in [0, 0.1) is 0 Å². The summed E-state index contributed by atoms with van der Waals surface area (Å²) in [6.07, 6.45) is 8.05. The van der Waals surface area contributed by atoms with Crippen molar-refractivity contribution in [3.8, 4) is 0 Å². The lowest BCUT2D eigenvalue weighted by molar-refractivity contribution is 0.167. The van der Waals surface area contributed by atoms with Crippen LogP contribution in [-0.2, 0) is 4.74 Å². The minimum Gasteiger partial charge on any atom is -0.377 e. The van der Waals surface area contributed by atoms with E-state index in [0.29, 0.717) is 0 Å². The summed E-state index contributed by atoms with van der Waals surface area (Å²) < 4.78 is 5.22. The van der Waals surface area contributed by atoms with Crippen molar-refractivity contribution >= 4 is 0 Å². The van der Waals surface area contributed by atoms with Gasteiger partial charge in [0.05, 0.1) is 13.2 Å². The Balaban J connectivity index is 2.89. The third-order valence-corrected chi connectivity index (χ3v) is 1.08. The molecule has 0 aliphatic rings. The van der Waals surface area contributed by atoms with Gasteiger partial charge in [-0.2, -0.15) is 0 Å². The summed E-state index contributed by atoms with van der Waals surface area (Å²) in [6, 6.07) is 0. The van der Waals surface area contributed by atoms with E-state index in [9.17, 15) is 0 Å². The first-order chi connectivity index (χ1) is 4.91. The molecule has 0 fully saturated rings. The molecule has 0 heterocycles. The highest BCUT2D eigenvalue weighted by Gasteiger charge is 1.78. The van der Waals surface area contributed by atoms with Gasteiger partial charge in [-0.1, -0.05) is 25.2 Å². The van der Waals surface area contributed by atoms with E-state index in [0.717, 1.165) is 26.1 Å². The number of hydrogen-bond donors (Lipinski definition) is 0. The lowest BCUT2D eigenvalue weighted by Gasteiger charge is -1.95. The van der Waals surface area contributed by atoms with Gasteiger partial charge in [-0.15, -0.1) is 6.58 Å². The summed E-state index contributed by atoms with van der Waals surface area (Å²) in [5.41, 5.74) is 0. The maximum Gasteiger partial charge on any atom is 0.0647 e. The third-order valence-electron chi connectivity index (χ3n) is 1.08. The molecule has 0 saturated carbocycles. The van der Waals surface area contributed by atoms with Crippen LogP contribution in [0.3, 0.4) is 0 Å². The molecule has 0 spiro atoms. The highest BCUT2D eigenvalue weighted by molar-refractivity contribution is 4.79. The largest absolute Gasteiger partial charge is 0.377 e. The van der Waals surface area contributed by atoms with Crippen LogP contribution < -0.4 is 0 Å². The van der Waals surface area contributed by atoms with Crippen molar-refractivity contribution in [3.05, 3.63) is 24.8 Å². The minimum absolute atomic E-state index is 0.738. The molecule has 0 aromatic rings. The fourth-order valence-electron chi connectivity index (χ4n) is 0.553. The molecule has 0 amide bonds. The Kier molecular flexibility index (Phi) is 7.97. The molecule has 58 valence electrons.